The fraction of sp³-hybridized carbons (Fsp3) is 0.250. The molecule has 0 unspecified atom stereocenters. The van der Waals surface area contributed by atoms with E-state index in [4.69, 9.17) is 28.3 Å². The topological polar surface area (TPSA) is 20.2 Å². The Balaban J connectivity index is 3.15. The molecule has 0 amide bonds. The maximum Gasteiger partial charge on any atom is 0.295 e. The Labute approximate surface area is 83.9 Å². The number of rotatable bonds is 2. The summed E-state index contributed by atoms with van der Waals surface area (Å²) in [5, 5.41) is 8.63. The van der Waals surface area contributed by atoms with E-state index in [1.165, 1.54) is 6.07 Å². The molecule has 0 aliphatic heterocycles. The zero-order valence-electron chi connectivity index (χ0n) is 6.40. The average Bonchev–Trinajstić information content (AvgIpc) is 2.02. The minimum atomic E-state index is -3.30. The lowest BCUT2D eigenvalue weighted by atomic mass is 10.1. The van der Waals surface area contributed by atoms with E-state index in [9.17, 15) is 8.78 Å². The monoisotopic (exact) mass is 226 g/mol. The SMILES string of the molecule is OCC(F)(F)c1cc(Cl)cc(Cl)c1. The van der Waals surface area contributed by atoms with Gasteiger partial charge in [-0.15, -0.1) is 0 Å². The summed E-state index contributed by atoms with van der Waals surface area (Å²) in [6.45, 7) is -1.26. The van der Waals surface area contributed by atoms with Crippen LogP contribution in [0.3, 0.4) is 0 Å². The van der Waals surface area contributed by atoms with Crippen LogP contribution in [0.4, 0.5) is 8.78 Å². The third-order valence-electron chi connectivity index (χ3n) is 1.48. The normalized spacial score (nSPS) is 11.8. The Bertz CT molecular complexity index is 295. The summed E-state index contributed by atoms with van der Waals surface area (Å²) in [7, 11) is 0. The standard InChI is InChI=1S/C8H6Cl2F2O/c9-6-1-5(2-7(10)3-6)8(11,12)4-13/h1-3,13H,4H2. The van der Waals surface area contributed by atoms with Crippen molar-refractivity contribution in [2.24, 2.45) is 0 Å². The fourth-order valence-electron chi connectivity index (χ4n) is 0.856. The first kappa shape index (κ1) is 10.7. The van der Waals surface area contributed by atoms with Crippen LogP contribution in [0.25, 0.3) is 0 Å². The second kappa shape index (κ2) is 3.78. The largest absolute Gasteiger partial charge is 0.390 e. The smallest absolute Gasteiger partial charge is 0.295 e. The van der Waals surface area contributed by atoms with Crippen molar-refractivity contribution in [1.82, 2.24) is 0 Å². The van der Waals surface area contributed by atoms with Crippen LogP contribution >= 0.6 is 23.2 Å². The minimum Gasteiger partial charge on any atom is -0.390 e. The van der Waals surface area contributed by atoms with Crippen molar-refractivity contribution in [3.05, 3.63) is 33.8 Å². The number of alkyl halides is 2. The molecule has 0 saturated heterocycles. The van der Waals surface area contributed by atoms with Gasteiger partial charge in [-0.1, -0.05) is 23.2 Å². The predicted molar refractivity (Wildman–Crippen MR) is 47.4 cm³/mol. The second-order valence-corrected chi connectivity index (χ2v) is 3.39. The molecular formula is C8H6Cl2F2O. The van der Waals surface area contributed by atoms with Gasteiger partial charge in [-0.3, -0.25) is 0 Å². The summed E-state index contributed by atoms with van der Waals surface area (Å²) >= 11 is 11.0. The van der Waals surface area contributed by atoms with E-state index in [1.54, 1.807) is 0 Å². The van der Waals surface area contributed by atoms with Gasteiger partial charge >= 0.3 is 0 Å². The molecule has 0 heterocycles. The van der Waals surface area contributed by atoms with Gasteiger partial charge in [0.25, 0.3) is 5.92 Å². The summed E-state index contributed by atoms with van der Waals surface area (Å²) < 4.78 is 25.8. The summed E-state index contributed by atoms with van der Waals surface area (Å²) in [5.74, 6) is -3.30. The molecule has 72 valence electrons. The van der Waals surface area contributed by atoms with E-state index in [2.05, 4.69) is 0 Å². The lowest BCUT2D eigenvalue weighted by Crippen LogP contribution is -2.18. The molecule has 0 spiro atoms. The molecule has 1 aromatic carbocycles. The van der Waals surface area contributed by atoms with Gasteiger partial charge in [0.2, 0.25) is 0 Å². The molecule has 5 heteroatoms. The van der Waals surface area contributed by atoms with Crippen LogP contribution in [0.15, 0.2) is 18.2 Å². The molecule has 1 nitrogen and oxygen atoms in total. The maximum atomic E-state index is 12.9. The van der Waals surface area contributed by atoms with Crippen molar-refractivity contribution in [2.45, 2.75) is 5.92 Å². The summed E-state index contributed by atoms with van der Waals surface area (Å²) in [6.07, 6.45) is 0. The summed E-state index contributed by atoms with van der Waals surface area (Å²) in [4.78, 5) is 0. The first-order valence-electron chi connectivity index (χ1n) is 3.41. The van der Waals surface area contributed by atoms with Crippen LogP contribution in [-0.2, 0) is 5.92 Å². The third-order valence-corrected chi connectivity index (χ3v) is 1.92. The maximum absolute atomic E-state index is 12.9. The number of hydrogen-bond donors (Lipinski definition) is 1. The molecule has 0 aliphatic carbocycles. The second-order valence-electron chi connectivity index (χ2n) is 2.52. The highest BCUT2D eigenvalue weighted by Crippen LogP contribution is 2.31. The van der Waals surface area contributed by atoms with Crippen LogP contribution in [0.5, 0.6) is 0 Å². The molecule has 13 heavy (non-hydrogen) atoms. The number of aliphatic hydroxyl groups excluding tert-OH is 1. The zero-order valence-corrected chi connectivity index (χ0v) is 7.91. The molecule has 0 aliphatic rings. The Morgan fingerprint density at radius 2 is 1.62 bits per heavy atom. The van der Waals surface area contributed by atoms with Gasteiger partial charge in [0.1, 0.15) is 6.61 Å². The molecule has 1 N–H and O–H groups in total. The van der Waals surface area contributed by atoms with Gasteiger partial charge in [-0.2, -0.15) is 8.78 Å². The molecule has 0 fully saturated rings. The van der Waals surface area contributed by atoms with Crippen molar-refractivity contribution < 1.29 is 13.9 Å². The fourth-order valence-corrected chi connectivity index (χ4v) is 1.38. The minimum absolute atomic E-state index is 0.121. The number of halogens is 4. The van der Waals surface area contributed by atoms with Crippen LogP contribution < -0.4 is 0 Å². The summed E-state index contributed by atoms with van der Waals surface area (Å²) in [5.41, 5.74) is -0.382. The Morgan fingerprint density at radius 1 is 1.15 bits per heavy atom. The first-order valence-corrected chi connectivity index (χ1v) is 4.16. The summed E-state index contributed by atoms with van der Waals surface area (Å²) in [6, 6.07) is 3.49. The molecule has 0 bridgehead atoms. The number of hydrogen-bond acceptors (Lipinski definition) is 1. The number of aliphatic hydroxyl groups is 1. The highest BCUT2D eigenvalue weighted by Gasteiger charge is 2.30. The van der Waals surface area contributed by atoms with Gasteiger partial charge in [0.15, 0.2) is 0 Å². The molecule has 0 saturated carbocycles. The molecule has 1 rings (SSSR count). The van der Waals surface area contributed by atoms with Crippen LogP contribution in [0, 0.1) is 0 Å². The van der Waals surface area contributed by atoms with Crippen LogP contribution in [0.2, 0.25) is 10.0 Å². The lowest BCUT2D eigenvalue weighted by molar-refractivity contribution is -0.0556. The quantitative estimate of drug-likeness (QED) is 0.822. The van der Waals surface area contributed by atoms with E-state index in [-0.39, 0.29) is 15.6 Å². The van der Waals surface area contributed by atoms with Gasteiger partial charge in [0.05, 0.1) is 0 Å². The van der Waals surface area contributed by atoms with Crippen molar-refractivity contribution in [3.8, 4) is 0 Å². The molecule has 0 radical (unpaired) electrons. The van der Waals surface area contributed by atoms with E-state index in [0.717, 1.165) is 12.1 Å². The Hall–Kier alpha value is -0.380. The van der Waals surface area contributed by atoms with Crippen molar-refractivity contribution in [3.63, 3.8) is 0 Å². The predicted octanol–water partition coefficient (Wildman–Crippen LogP) is 3.08. The van der Waals surface area contributed by atoms with Crippen molar-refractivity contribution in [2.75, 3.05) is 6.61 Å². The molecule has 0 aromatic heterocycles. The first-order chi connectivity index (χ1) is 5.95. The van der Waals surface area contributed by atoms with E-state index in [1.807, 2.05) is 0 Å². The molecular weight excluding hydrogens is 221 g/mol. The molecule has 0 atom stereocenters. The van der Waals surface area contributed by atoms with Gasteiger partial charge in [0, 0.05) is 15.6 Å². The van der Waals surface area contributed by atoms with Crippen molar-refractivity contribution in [1.29, 1.82) is 0 Å². The van der Waals surface area contributed by atoms with E-state index >= 15 is 0 Å². The highest BCUT2D eigenvalue weighted by molar-refractivity contribution is 6.34. The number of benzene rings is 1. The van der Waals surface area contributed by atoms with Crippen LogP contribution in [0.1, 0.15) is 5.56 Å². The molecule has 1 aromatic rings. The average molecular weight is 227 g/mol. The van der Waals surface area contributed by atoms with Crippen LogP contribution in [-0.4, -0.2) is 11.7 Å². The van der Waals surface area contributed by atoms with Gasteiger partial charge < -0.3 is 5.11 Å². The third kappa shape index (κ3) is 2.53. The van der Waals surface area contributed by atoms with Crippen molar-refractivity contribution >= 4 is 23.2 Å². The van der Waals surface area contributed by atoms with E-state index in [0.29, 0.717) is 0 Å². The van der Waals surface area contributed by atoms with Gasteiger partial charge in [-0.25, -0.2) is 0 Å². The Kier molecular flexibility index (Phi) is 3.11. The lowest BCUT2D eigenvalue weighted by Gasteiger charge is -2.13. The Morgan fingerprint density at radius 3 is 2.00 bits per heavy atom. The highest BCUT2D eigenvalue weighted by atomic mass is 35.5. The van der Waals surface area contributed by atoms with Gasteiger partial charge in [-0.05, 0) is 18.2 Å². The zero-order chi connectivity index (χ0) is 10.1. The van der Waals surface area contributed by atoms with E-state index < -0.39 is 12.5 Å².